The first-order valence-corrected chi connectivity index (χ1v) is 6.40. The van der Waals surface area contributed by atoms with E-state index in [2.05, 4.69) is 25.9 Å². The third-order valence-electron chi connectivity index (χ3n) is 2.57. The minimum atomic E-state index is 0.216. The second kappa shape index (κ2) is 4.94. The number of nitrogens with two attached hydrogens (primary N) is 1. The van der Waals surface area contributed by atoms with E-state index >= 15 is 0 Å². The predicted octanol–water partition coefficient (Wildman–Crippen LogP) is 3.32. The fourth-order valence-electron chi connectivity index (χ4n) is 1.60. The molecule has 0 aliphatic rings. The van der Waals surface area contributed by atoms with Gasteiger partial charge in [0.25, 0.3) is 0 Å². The molecule has 5 heteroatoms. The summed E-state index contributed by atoms with van der Waals surface area (Å²) < 4.78 is 0.750. The summed E-state index contributed by atoms with van der Waals surface area (Å²) in [6, 6.07) is 6.74. The van der Waals surface area contributed by atoms with Gasteiger partial charge in [-0.3, -0.25) is 0 Å². The highest BCUT2D eigenvalue weighted by molar-refractivity contribution is 9.10. The third-order valence-corrected chi connectivity index (χ3v) is 3.39. The molecule has 0 radical (unpaired) electrons. The average Bonchev–Trinajstić information content (AvgIpc) is 2.33. The molecule has 0 bridgehead atoms. The van der Waals surface area contributed by atoms with Crippen molar-refractivity contribution in [1.29, 1.82) is 0 Å². The molecule has 1 aromatic heterocycles. The maximum atomic E-state index is 9.27. The molecule has 94 valence electrons. The molecule has 4 nitrogen and oxygen atoms in total. The lowest BCUT2D eigenvalue weighted by molar-refractivity contribution is 0.475. The van der Waals surface area contributed by atoms with Crippen LogP contribution >= 0.6 is 15.9 Å². The van der Waals surface area contributed by atoms with Crippen LogP contribution in [0.25, 0.3) is 11.4 Å². The zero-order chi connectivity index (χ0) is 13.3. The van der Waals surface area contributed by atoms with Crippen molar-refractivity contribution in [3.8, 4) is 17.1 Å². The van der Waals surface area contributed by atoms with Crippen LogP contribution in [-0.2, 0) is 0 Å². The molecule has 2 rings (SSSR count). The standard InChI is InChI=1S/C13H14BrN3O/c1-7(2)11-10(14)12(15)17-13(16-11)8-3-5-9(18)6-4-8/h3-7,18H,1-2H3,(H2,15,16,17). The highest BCUT2D eigenvalue weighted by atomic mass is 79.9. The summed E-state index contributed by atoms with van der Waals surface area (Å²) in [7, 11) is 0. The fourth-order valence-corrected chi connectivity index (χ4v) is 2.24. The highest BCUT2D eigenvalue weighted by Crippen LogP contribution is 2.30. The summed E-state index contributed by atoms with van der Waals surface area (Å²) in [4.78, 5) is 8.77. The quantitative estimate of drug-likeness (QED) is 0.892. The lowest BCUT2D eigenvalue weighted by atomic mass is 10.1. The van der Waals surface area contributed by atoms with E-state index in [1.165, 1.54) is 0 Å². The van der Waals surface area contributed by atoms with Crippen LogP contribution in [0.2, 0.25) is 0 Å². The van der Waals surface area contributed by atoms with Crippen molar-refractivity contribution in [3.63, 3.8) is 0 Å². The Hall–Kier alpha value is -1.62. The van der Waals surface area contributed by atoms with Crippen LogP contribution < -0.4 is 5.73 Å². The fraction of sp³-hybridized carbons (Fsp3) is 0.231. The first kappa shape index (κ1) is 12.8. The molecule has 2 aromatic rings. The van der Waals surface area contributed by atoms with Gasteiger partial charge in [-0.2, -0.15) is 0 Å². The summed E-state index contributed by atoms with van der Waals surface area (Å²) in [6.45, 7) is 4.10. The molecule has 0 fully saturated rings. The minimum Gasteiger partial charge on any atom is -0.508 e. The third kappa shape index (κ3) is 2.46. The largest absolute Gasteiger partial charge is 0.508 e. The van der Waals surface area contributed by atoms with Crippen molar-refractivity contribution in [2.45, 2.75) is 19.8 Å². The van der Waals surface area contributed by atoms with E-state index in [9.17, 15) is 5.11 Å². The number of benzene rings is 1. The summed E-state index contributed by atoms with van der Waals surface area (Å²) in [5, 5.41) is 9.27. The molecule has 0 unspecified atom stereocenters. The number of anilines is 1. The van der Waals surface area contributed by atoms with E-state index in [1.807, 2.05) is 13.8 Å². The zero-order valence-corrected chi connectivity index (χ0v) is 11.8. The monoisotopic (exact) mass is 307 g/mol. The number of aromatic nitrogens is 2. The van der Waals surface area contributed by atoms with Gasteiger partial charge in [0.1, 0.15) is 11.6 Å². The number of phenolic OH excluding ortho intramolecular Hbond substituents is 1. The topological polar surface area (TPSA) is 72.0 Å². The molecule has 18 heavy (non-hydrogen) atoms. The van der Waals surface area contributed by atoms with Crippen molar-refractivity contribution in [3.05, 3.63) is 34.4 Å². The first-order valence-electron chi connectivity index (χ1n) is 5.61. The van der Waals surface area contributed by atoms with Crippen LogP contribution in [0.15, 0.2) is 28.7 Å². The molecule has 0 saturated heterocycles. The normalized spacial score (nSPS) is 10.9. The molecule has 0 saturated carbocycles. The maximum absolute atomic E-state index is 9.27. The van der Waals surface area contributed by atoms with E-state index in [0.29, 0.717) is 11.6 Å². The van der Waals surface area contributed by atoms with Crippen molar-refractivity contribution in [2.24, 2.45) is 0 Å². The molecule has 1 heterocycles. The molecule has 0 spiro atoms. The van der Waals surface area contributed by atoms with Gasteiger partial charge in [-0.15, -0.1) is 0 Å². The highest BCUT2D eigenvalue weighted by Gasteiger charge is 2.14. The number of hydrogen-bond donors (Lipinski definition) is 2. The van der Waals surface area contributed by atoms with Gasteiger partial charge in [0.05, 0.1) is 10.2 Å². The molecule has 0 atom stereocenters. The Morgan fingerprint density at radius 1 is 1.17 bits per heavy atom. The number of halogens is 1. The van der Waals surface area contributed by atoms with Gasteiger partial charge >= 0.3 is 0 Å². The molecular weight excluding hydrogens is 294 g/mol. The van der Waals surface area contributed by atoms with Crippen LogP contribution in [0.3, 0.4) is 0 Å². The van der Waals surface area contributed by atoms with Gasteiger partial charge in [0.2, 0.25) is 0 Å². The van der Waals surface area contributed by atoms with E-state index in [4.69, 9.17) is 5.73 Å². The number of rotatable bonds is 2. The Balaban J connectivity index is 2.55. The average molecular weight is 308 g/mol. The smallest absolute Gasteiger partial charge is 0.161 e. The SMILES string of the molecule is CC(C)c1nc(-c2ccc(O)cc2)nc(N)c1Br. The second-order valence-corrected chi connectivity index (χ2v) is 5.13. The number of aromatic hydroxyl groups is 1. The molecular formula is C13H14BrN3O. The zero-order valence-electron chi connectivity index (χ0n) is 10.2. The minimum absolute atomic E-state index is 0.216. The van der Waals surface area contributed by atoms with Crippen LogP contribution in [0.5, 0.6) is 5.75 Å². The van der Waals surface area contributed by atoms with E-state index < -0.39 is 0 Å². The second-order valence-electron chi connectivity index (χ2n) is 4.33. The lowest BCUT2D eigenvalue weighted by Crippen LogP contribution is -2.04. The Bertz CT molecular complexity index is 567. The maximum Gasteiger partial charge on any atom is 0.161 e. The lowest BCUT2D eigenvalue weighted by Gasteiger charge is -2.11. The Morgan fingerprint density at radius 3 is 2.33 bits per heavy atom. The Labute approximate surface area is 114 Å². The van der Waals surface area contributed by atoms with Crippen molar-refractivity contribution < 1.29 is 5.11 Å². The molecule has 0 aliphatic carbocycles. The number of nitrogens with zero attached hydrogens (tertiary/aromatic N) is 2. The van der Waals surface area contributed by atoms with Crippen LogP contribution in [-0.4, -0.2) is 15.1 Å². The summed E-state index contributed by atoms with van der Waals surface area (Å²) in [5.41, 5.74) is 7.59. The number of phenols is 1. The van der Waals surface area contributed by atoms with Gasteiger partial charge in [0, 0.05) is 5.56 Å². The molecule has 0 aliphatic heterocycles. The summed E-state index contributed by atoms with van der Waals surface area (Å²) >= 11 is 3.41. The Morgan fingerprint density at radius 2 is 1.78 bits per heavy atom. The van der Waals surface area contributed by atoms with E-state index in [0.717, 1.165) is 15.7 Å². The number of nitrogen functional groups attached to an aromatic ring is 1. The summed E-state index contributed by atoms with van der Waals surface area (Å²) in [6.07, 6.45) is 0. The van der Waals surface area contributed by atoms with Crippen LogP contribution in [0.1, 0.15) is 25.5 Å². The molecule has 0 amide bonds. The van der Waals surface area contributed by atoms with Crippen molar-refractivity contribution in [2.75, 3.05) is 5.73 Å². The van der Waals surface area contributed by atoms with E-state index in [1.54, 1.807) is 24.3 Å². The van der Waals surface area contributed by atoms with Gasteiger partial charge < -0.3 is 10.8 Å². The van der Waals surface area contributed by atoms with Gasteiger partial charge in [-0.25, -0.2) is 9.97 Å². The van der Waals surface area contributed by atoms with Crippen molar-refractivity contribution in [1.82, 2.24) is 9.97 Å². The van der Waals surface area contributed by atoms with Crippen molar-refractivity contribution >= 4 is 21.7 Å². The van der Waals surface area contributed by atoms with Gasteiger partial charge in [0.15, 0.2) is 5.82 Å². The molecule has 3 N–H and O–H groups in total. The van der Waals surface area contributed by atoms with Crippen LogP contribution in [0, 0.1) is 0 Å². The number of hydrogen-bond acceptors (Lipinski definition) is 4. The van der Waals surface area contributed by atoms with Gasteiger partial charge in [-0.1, -0.05) is 13.8 Å². The first-order chi connectivity index (χ1) is 8.49. The van der Waals surface area contributed by atoms with E-state index in [-0.39, 0.29) is 11.7 Å². The van der Waals surface area contributed by atoms with Gasteiger partial charge in [-0.05, 0) is 46.1 Å². The Kier molecular flexibility index (Phi) is 3.52. The summed E-state index contributed by atoms with van der Waals surface area (Å²) in [5.74, 6) is 1.46. The molecule has 1 aromatic carbocycles. The predicted molar refractivity (Wildman–Crippen MR) is 75.3 cm³/mol. The van der Waals surface area contributed by atoms with Crippen LogP contribution in [0.4, 0.5) is 5.82 Å².